The molecule has 0 unspecified atom stereocenters. The van der Waals surface area contributed by atoms with Crippen molar-refractivity contribution in [2.45, 2.75) is 52.1 Å². The van der Waals surface area contributed by atoms with Gasteiger partial charge in [0.25, 0.3) is 0 Å². The second kappa shape index (κ2) is 10.6. The van der Waals surface area contributed by atoms with Crippen molar-refractivity contribution in [3.8, 4) is 11.5 Å². The monoisotopic (exact) mass is 452 g/mol. The number of fused-ring (bicyclic) bond motifs is 1. The Kier molecular flexibility index (Phi) is 7.37. The maximum Gasteiger partial charge on any atom is 0.242 e. The van der Waals surface area contributed by atoms with Crippen LogP contribution in [0.1, 0.15) is 49.2 Å². The van der Waals surface area contributed by atoms with Gasteiger partial charge in [-0.15, -0.1) is 6.58 Å². The third-order valence-corrected chi connectivity index (χ3v) is 6.25. The molecule has 1 saturated carbocycles. The summed E-state index contributed by atoms with van der Waals surface area (Å²) in [7, 11) is 0. The Labute approximate surface area is 194 Å². The minimum atomic E-state index is -0.132. The molecule has 0 N–H and O–H groups in total. The number of benzene rings is 1. The lowest BCUT2D eigenvalue weighted by Gasteiger charge is -2.30. The minimum absolute atomic E-state index is 0.00142. The first-order chi connectivity index (χ1) is 16.0. The van der Waals surface area contributed by atoms with E-state index in [1.807, 2.05) is 37.3 Å². The van der Waals surface area contributed by atoms with Crippen molar-refractivity contribution in [1.82, 2.24) is 9.80 Å². The quantitative estimate of drug-likeness (QED) is 0.526. The minimum Gasteiger partial charge on any atom is -0.464 e. The van der Waals surface area contributed by atoms with Crippen LogP contribution in [0, 0.1) is 12.8 Å². The molecule has 1 aromatic heterocycles. The number of rotatable bonds is 9. The summed E-state index contributed by atoms with van der Waals surface area (Å²) in [6.45, 7) is 6.94. The summed E-state index contributed by atoms with van der Waals surface area (Å²) in [5.41, 5.74) is 0.921. The Morgan fingerprint density at radius 3 is 2.55 bits per heavy atom. The second-order valence-corrected chi connectivity index (χ2v) is 8.79. The molecule has 1 aliphatic heterocycles. The molecular formula is C26H32N2O5. The number of amides is 2. The number of furan rings is 1. The fraction of sp³-hybridized carbons (Fsp3) is 0.462. The van der Waals surface area contributed by atoms with Crippen molar-refractivity contribution >= 4 is 11.8 Å². The molecule has 2 heterocycles. The Morgan fingerprint density at radius 1 is 1.03 bits per heavy atom. The Bertz CT molecular complexity index is 992. The van der Waals surface area contributed by atoms with Crippen LogP contribution in [-0.2, 0) is 22.7 Å². The van der Waals surface area contributed by atoms with Gasteiger partial charge in [-0.1, -0.05) is 31.4 Å². The van der Waals surface area contributed by atoms with Gasteiger partial charge in [0.1, 0.15) is 18.1 Å². The van der Waals surface area contributed by atoms with E-state index in [9.17, 15) is 9.59 Å². The van der Waals surface area contributed by atoms with E-state index in [-0.39, 0.29) is 31.1 Å². The van der Waals surface area contributed by atoms with Crippen molar-refractivity contribution in [2.24, 2.45) is 5.92 Å². The molecule has 0 radical (unpaired) electrons. The summed E-state index contributed by atoms with van der Waals surface area (Å²) in [5, 5.41) is 0. The van der Waals surface area contributed by atoms with E-state index in [4.69, 9.17) is 13.9 Å². The number of nitrogens with zero attached hydrogens (tertiary/aromatic N) is 2. The average Bonchev–Trinajstić information content (AvgIpc) is 3.46. The number of aryl methyl sites for hydroxylation is 1. The van der Waals surface area contributed by atoms with Crippen LogP contribution in [0.3, 0.4) is 0 Å². The summed E-state index contributed by atoms with van der Waals surface area (Å²) >= 11 is 0. The first kappa shape index (κ1) is 23.0. The first-order valence-corrected chi connectivity index (χ1v) is 11.6. The van der Waals surface area contributed by atoms with Gasteiger partial charge in [-0.25, -0.2) is 0 Å². The number of carbonyl (C=O) groups is 2. The molecule has 1 fully saturated rings. The average molecular weight is 453 g/mol. The second-order valence-electron chi connectivity index (χ2n) is 8.79. The summed E-state index contributed by atoms with van der Waals surface area (Å²) in [4.78, 5) is 30.0. The molecule has 0 atom stereocenters. The molecule has 2 amide bonds. The molecule has 1 aliphatic carbocycles. The topological polar surface area (TPSA) is 72.2 Å². The van der Waals surface area contributed by atoms with Crippen molar-refractivity contribution < 1.29 is 23.5 Å². The molecule has 0 spiro atoms. The van der Waals surface area contributed by atoms with Crippen LogP contribution >= 0.6 is 0 Å². The SMILES string of the molecule is C=CCN(CC(=O)N(Cc1ccc2c(c1)OCO2)Cc1ccc(C)o1)C(=O)C1CCCCC1. The standard InChI is InChI=1S/C26H32N2O5/c1-3-13-27(26(30)21-7-5-4-6-8-21)17-25(29)28(16-22-11-9-19(2)33-22)15-20-10-12-23-24(14-20)32-18-31-23/h3,9-12,14,21H,1,4-8,13,15-18H2,2H3. The van der Waals surface area contributed by atoms with Crippen LogP contribution in [0.15, 0.2) is 47.4 Å². The van der Waals surface area contributed by atoms with Gasteiger partial charge < -0.3 is 23.7 Å². The molecule has 33 heavy (non-hydrogen) atoms. The summed E-state index contributed by atoms with van der Waals surface area (Å²) in [6.07, 6.45) is 6.79. The van der Waals surface area contributed by atoms with E-state index in [2.05, 4.69) is 6.58 Å². The summed E-state index contributed by atoms with van der Waals surface area (Å²) in [5.74, 6) is 2.80. The number of ether oxygens (including phenoxy) is 2. The Hall–Kier alpha value is -3.22. The van der Waals surface area contributed by atoms with Gasteiger partial charge >= 0.3 is 0 Å². The molecule has 2 aliphatic rings. The fourth-order valence-electron chi connectivity index (χ4n) is 4.51. The Morgan fingerprint density at radius 2 is 1.82 bits per heavy atom. The highest BCUT2D eigenvalue weighted by Gasteiger charge is 2.28. The van der Waals surface area contributed by atoms with E-state index in [1.54, 1.807) is 15.9 Å². The predicted molar refractivity (Wildman–Crippen MR) is 124 cm³/mol. The summed E-state index contributed by atoms with van der Waals surface area (Å²) in [6, 6.07) is 9.44. The lowest BCUT2D eigenvalue weighted by molar-refractivity contribution is -0.143. The molecule has 4 rings (SSSR count). The zero-order valence-corrected chi connectivity index (χ0v) is 19.3. The van der Waals surface area contributed by atoms with Gasteiger partial charge in [-0.2, -0.15) is 0 Å². The van der Waals surface area contributed by atoms with Crippen LogP contribution in [-0.4, -0.2) is 41.5 Å². The molecule has 1 aromatic carbocycles. The van der Waals surface area contributed by atoms with Crippen LogP contribution in [0.4, 0.5) is 0 Å². The van der Waals surface area contributed by atoms with Crippen LogP contribution in [0.5, 0.6) is 11.5 Å². The molecule has 0 saturated heterocycles. The van der Waals surface area contributed by atoms with Gasteiger partial charge in [0, 0.05) is 19.0 Å². The lowest BCUT2D eigenvalue weighted by Crippen LogP contribution is -2.45. The van der Waals surface area contributed by atoms with Gasteiger partial charge in [0.05, 0.1) is 6.54 Å². The molecular weight excluding hydrogens is 420 g/mol. The molecule has 7 heteroatoms. The van der Waals surface area contributed by atoms with E-state index in [1.165, 1.54) is 6.42 Å². The maximum absolute atomic E-state index is 13.5. The van der Waals surface area contributed by atoms with Gasteiger partial charge in [-0.3, -0.25) is 9.59 Å². The van der Waals surface area contributed by atoms with E-state index >= 15 is 0 Å². The number of carbonyl (C=O) groups excluding carboxylic acids is 2. The largest absolute Gasteiger partial charge is 0.464 e. The molecule has 2 aromatic rings. The number of hydrogen-bond acceptors (Lipinski definition) is 5. The van der Waals surface area contributed by atoms with E-state index < -0.39 is 0 Å². The summed E-state index contributed by atoms with van der Waals surface area (Å²) < 4.78 is 16.6. The van der Waals surface area contributed by atoms with Crippen molar-refractivity contribution in [1.29, 1.82) is 0 Å². The molecule has 0 bridgehead atoms. The van der Waals surface area contributed by atoms with E-state index in [0.717, 1.165) is 37.0 Å². The highest BCUT2D eigenvalue weighted by atomic mass is 16.7. The Balaban J connectivity index is 1.50. The predicted octanol–water partition coefficient (Wildman–Crippen LogP) is 4.44. The molecule has 7 nitrogen and oxygen atoms in total. The highest BCUT2D eigenvalue weighted by Crippen LogP contribution is 2.33. The molecule has 176 valence electrons. The van der Waals surface area contributed by atoms with Crippen molar-refractivity contribution in [3.63, 3.8) is 0 Å². The zero-order valence-electron chi connectivity index (χ0n) is 19.3. The fourth-order valence-corrected chi connectivity index (χ4v) is 4.51. The van der Waals surface area contributed by atoms with Crippen LogP contribution in [0.2, 0.25) is 0 Å². The van der Waals surface area contributed by atoms with Crippen LogP contribution in [0.25, 0.3) is 0 Å². The smallest absolute Gasteiger partial charge is 0.242 e. The van der Waals surface area contributed by atoms with Gasteiger partial charge in [0.2, 0.25) is 18.6 Å². The van der Waals surface area contributed by atoms with E-state index in [0.29, 0.717) is 36.9 Å². The third-order valence-electron chi connectivity index (χ3n) is 6.25. The zero-order chi connectivity index (χ0) is 23.2. The van der Waals surface area contributed by atoms with Crippen molar-refractivity contribution in [2.75, 3.05) is 19.9 Å². The van der Waals surface area contributed by atoms with Crippen LogP contribution < -0.4 is 9.47 Å². The third kappa shape index (κ3) is 5.78. The van der Waals surface area contributed by atoms with Gasteiger partial charge in [0.15, 0.2) is 11.5 Å². The van der Waals surface area contributed by atoms with Crippen molar-refractivity contribution in [3.05, 3.63) is 60.1 Å². The highest BCUT2D eigenvalue weighted by molar-refractivity contribution is 5.86. The normalized spacial score (nSPS) is 15.3. The maximum atomic E-state index is 13.5. The van der Waals surface area contributed by atoms with Gasteiger partial charge in [-0.05, 0) is 49.6 Å². The lowest BCUT2D eigenvalue weighted by atomic mass is 9.88. The first-order valence-electron chi connectivity index (χ1n) is 11.6. The number of hydrogen-bond donors (Lipinski definition) is 0.